The van der Waals surface area contributed by atoms with Crippen LogP contribution in [0.5, 0.6) is 0 Å². The van der Waals surface area contributed by atoms with Crippen molar-refractivity contribution in [2.45, 2.75) is 19.4 Å². The van der Waals surface area contributed by atoms with E-state index in [1.807, 2.05) is 24.3 Å². The van der Waals surface area contributed by atoms with E-state index in [0.29, 0.717) is 18.9 Å². The van der Waals surface area contributed by atoms with Gasteiger partial charge in [-0.2, -0.15) is 0 Å². The van der Waals surface area contributed by atoms with Crippen LogP contribution in [0.1, 0.15) is 12.6 Å². The summed E-state index contributed by atoms with van der Waals surface area (Å²) >= 11 is 0. The molecule has 19 heavy (non-hydrogen) atoms. The molecule has 98 valence electrons. The number of aryl methyl sites for hydroxylation is 1. The van der Waals surface area contributed by atoms with E-state index in [0.717, 1.165) is 23.6 Å². The van der Waals surface area contributed by atoms with Gasteiger partial charge >= 0.3 is 0 Å². The minimum absolute atomic E-state index is 0.238. The van der Waals surface area contributed by atoms with Crippen molar-refractivity contribution >= 4 is 5.82 Å². The first-order valence-corrected chi connectivity index (χ1v) is 6.48. The third kappa shape index (κ3) is 2.42. The van der Waals surface area contributed by atoms with Crippen molar-refractivity contribution in [2.24, 2.45) is 0 Å². The zero-order valence-electron chi connectivity index (χ0n) is 10.8. The van der Waals surface area contributed by atoms with Gasteiger partial charge in [-0.05, 0) is 18.6 Å². The Morgan fingerprint density at radius 2 is 2.16 bits per heavy atom. The maximum absolute atomic E-state index is 9.40. The van der Waals surface area contributed by atoms with Gasteiger partial charge in [-0.25, -0.2) is 9.97 Å². The van der Waals surface area contributed by atoms with Gasteiger partial charge in [-0.15, -0.1) is 0 Å². The molecule has 0 atom stereocenters. The van der Waals surface area contributed by atoms with E-state index in [4.69, 9.17) is 0 Å². The average molecular weight is 256 g/mol. The van der Waals surface area contributed by atoms with Crippen LogP contribution in [0, 0.1) is 0 Å². The third-order valence-corrected chi connectivity index (χ3v) is 3.21. The summed E-state index contributed by atoms with van der Waals surface area (Å²) in [7, 11) is 0. The fourth-order valence-electron chi connectivity index (χ4n) is 2.08. The Balaban J connectivity index is 1.98. The van der Waals surface area contributed by atoms with E-state index >= 15 is 0 Å². The van der Waals surface area contributed by atoms with Crippen LogP contribution in [0.15, 0.2) is 30.5 Å². The first-order valence-electron chi connectivity index (χ1n) is 6.48. The molecule has 0 saturated carbocycles. The number of anilines is 1. The number of rotatable bonds is 3. The molecule has 0 spiro atoms. The number of aliphatic hydroxyl groups excluding tert-OH is 1. The van der Waals surface area contributed by atoms with E-state index in [1.165, 1.54) is 0 Å². The van der Waals surface area contributed by atoms with Gasteiger partial charge in [0.2, 0.25) is 0 Å². The fourth-order valence-corrected chi connectivity index (χ4v) is 2.08. The summed E-state index contributed by atoms with van der Waals surface area (Å²) in [5, 5.41) is 9.40. The van der Waals surface area contributed by atoms with Crippen LogP contribution in [-0.4, -0.2) is 39.3 Å². The molecule has 0 aliphatic carbocycles. The second-order valence-electron chi connectivity index (χ2n) is 4.67. The fraction of sp³-hybridized carbons (Fsp3) is 0.357. The molecule has 1 fully saturated rings. The second kappa shape index (κ2) is 4.93. The summed E-state index contributed by atoms with van der Waals surface area (Å²) in [5.41, 5.74) is 1.77. The maximum atomic E-state index is 9.40. The summed E-state index contributed by atoms with van der Waals surface area (Å²) in [5.74, 6) is 1.52. The number of aromatic nitrogens is 3. The molecule has 2 aromatic heterocycles. The van der Waals surface area contributed by atoms with Crippen LogP contribution in [0.4, 0.5) is 5.82 Å². The highest BCUT2D eigenvalue weighted by molar-refractivity contribution is 5.54. The van der Waals surface area contributed by atoms with Gasteiger partial charge in [0.15, 0.2) is 5.82 Å². The van der Waals surface area contributed by atoms with E-state index in [-0.39, 0.29) is 6.10 Å². The van der Waals surface area contributed by atoms with Crippen molar-refractivity contribution < 1.29 is 5.11 Å². The van der Waals surface area contributed by atoms with Gasteiger partial charge in [-0.1, -0.05) is 13.0 Å². The summed E-state index contributed by atoms with van der Waals surface area (Å²) in [6, 6.07) is 7.69. The van der Waals surface area contributed by atoms with Gasteiger partial charge in [0.1, 0.15) is 11.5 Å². The predicted molar refractivity (Wildman–Crippen MR) is 72.9 cm³/mol. The van der Waals surface area contributed by atoms with Gasteiger partial charge in [0, 0.05) is 31.0 Å². The van der Waals surface area contributed by atoms with Crippen molar-refractivity contribution in [3.05, 3.63) is 36.2 Å². The Bertz CT molecular complexity index is 567. The molecular weight excluding hydrogens is 240 g/mol. The molecule has 5 heteroatoms. The molecule has 0 bridgehead atoms. The topological polar surface area (TPSA) is 62.1 Å². The van der Waals surface area contributed by atoms with Crippen LogP contribution < -0.4 is 4.90 Å². The average Bonchev–Trinajstić information content (AvgIpc) is 2.44. The van der Waals surface area contributed by atoms with E-state index < -0.39 is 0 Å². The first kappa shape index (κ1) is 12.0. The summed E-state index contributed by atoms with van der Waals surface area (Å²) < 4.78 is 0. The number of pyridine rings is 1. The molecule has 0 radical (unpaired) electrons. The van der Waals surface area contributed by atoms with Crippen LogP contribution in [0.25, 0.3) is 11.5 Å². The standard InChI is InChI=1S/C14H16N4O/c1-2-10-7-13(18-8-11(19)9-18)17-14(16-10)12-5-3-4-6-15-12/h3-7,11,19H,2,8-9H2,1H3. The zero-order chi connectivity index (χ0) is 13.2. The number of hydrogen-bond donors (Lipinski definition) is 1. The largest absolute Gasteiger partial charge is 0.389 e. The molecule has 1 saturated heterocycles. The third-order valence-electron chi connectivity index (χ3n) is 3.21. The van der Waals surface area contributed by atoms with E-state index in [2.05, 4.69) is 26.8 Å². The Morgan fingerprint density at radius 1 is 1.32 bits per heavy atom. The molecule has 3 rings (SSSR count). The van der Waals surface area contributed by atoms with E-state index in [1.54, 1.807) is 6.20 Å². The van der Waals surface area contributed by atoms with Gasteiger partial charge in [0.25, 0.3) is 0 Å². The molecule has 0 unspecified atom stereocenters. The number of nitrogens with zero attached hydrogens (tertiary/aromatic N) is 4. The normalized spacial score (nSPS) is 15.4. The van der Waals surface area contributed by atoms with Crippen molar-refractivity contribution in [2.75, 3.05) is 18.0 Å². The van der Waals surface area contributed by atoms with Gasteiger partial charge in [-0.3, -0.25) is 4.98 Å². The SMILES string of the molecule is CCc1cc(N2CC(O)C2)nc(-c2ccccn2)n1. The first-order chi connectivity index (χ1) is 9.26. The Hall–Kier alpha value is -2.01. The summed E-state index contributed by atoms with van der Waals surface area (Å²) in [6.45, 7) is 3.35. The highest BCUT2D eigenvalue weighted by Gasteiger charge is 2.26. The lowest BCUT2D eigenvalue weighted by Gasteiger charge is -2.37. The van der Waals surface area contributed by atoms with Crippen LogP contribution in [-0.2, 0) is 6.42 Å². The highest BCUT2D eigenvalue weighted by Crippen LogP contribution is 2.22. The lowest BCUT2D eigenvalue weighted by atomic mass is 10.1. The number of β-amino-alcohol motifs (C(OH)–C–C–N with tert-alkyl or cyclic N) is 1. The zero-order valence-corrected chi connectivity index (χ0v) is 10.8. The van der Waals surface area contributed by atoms with Crippen LogP contribution >= 0.6 is 0 Å². The van der Waals surface area contributed by atoms with Crippen molar-refractivity contribution in [1.82, 2.24) is 15.0 Å². The molecule has 1 N–H and O–H groups in total. The highest BCUT2D eigenvalue weighted by atomic mass is 16.3. The molecule has 1 aliphatic heterocycles. The lowest BCUT2D eigenvalue weighted by Crippen LogP contribution is -2.51. The maximum Gasteiger partial charge on any atom is 0.180 e. The molecular formula is C14H16N4O. The smallest absolute Gasteiger partial charge is 0.180 e. The Labute approximate surface area is 112 Å². The minimum atomic E-state index is -0.238. The van der Waals surface area contributed by atoms with Crippen molar-refractivity contribution in [1.29, 1.82) is 0 Å². The summed E-state index contributed by atoms with van der Waals surface area (Å²) in [4.78, 5) is 15.4. The Kier molecular flexibility index (Phi) is 3.13. The summed E-state index contributed by atoms with van der Waals surface area (Å²) in [6.07, 6.45) is 2.36. The molecule has 0 amide bonds. The Morgan fingerprint density at radius 3 is 2.79 bits per heavy atom. The molecule has 0 aromatic carbocycles. The lowest BCUT2D eigenvalue weighted by molar-refractivity contribution is 0.141. The molecule has 5 nitrogen and oxygen atoms in total. The van der Waals surface area contributed by atoms with E-state index in [9.17, 15) is 5.11 Å². The van der Waals surface area contributed by atoms with Crippen LogP contribution in [0.2, 0.25) is 0 Å². The van der Waals surface area contributed by atoms with Gasteiger partial charge in [0.05, 0.1) is 6.10 Å². The molecule has 1 aliphatic rings. The van der Waals surface area contributed by atoms with Gasteiger partial charge < -0.3 is 10.0 Å². The minimum Gasteiger partial charge on any atom is -0.389 e. The number of hydrogen-bond acceptors (Lipinski definition) is 5. The second-order valence-corrected chi connectivity index (χ2v) is 4.67. The van der Waals surface area contributed by atoms with Crippen molar-refractivity contribution in [3.8, 4) is 11.5 Å². The quantitative estimate of drug-likeness (QED) is 0.896. The van der Waals surface area contributed by atoms with Crippen molar-refractivity contribution in [3.63, 3.8) is 0 Å². The predicted octanol–water partition coefficient (Wildman–Crippen LogP) is 1.28. The number of aliphatic hydroxyl groups is 1. The van der Waals surface area contributed by atoms with Crippen LogP contribution in [0.3, 0.4) is 0 Å². The monoisotopic (exact) mass is 256 g/mol. The molecule has 2 aromatic rings. The molecule has 3 heterocycles.